The van der Waals surface area contributed by atoms with E-state index < -0.39 is 0 Å². The first-order chi connectivity index (χ1) is 12.3. The first-order valence-corrected chi connectivity index (χ1v) is 8.65. The molecule has 138 valence electrons. The van der Waals surface area contributed by atoms with Gasteiger partial charge in [0.15, 0.2) is 0 Å². The van der Waals surface area contributed by atoms with Gasteiger partial charge in [-0.15, -0.1) is 0 Å². The van der Waals surface area contributed by atoms with E-state index in [4.69, 9.17) is 11.6 Å². The standard InChI is InChI=1S/C18H22ClN5O2/c1-11(2)22-17(25)15-5-4-13(9-16(15)19)24-18(26)23-12(3)8-14-10-20-6-7-21-14/h4-7,9-12H,8H2,1-3H3,(H,22,25)(H2,23,24,26)/t12-/m0/s1. The zero-order chi connectivity index (χ0) is 19.1. The molecule has 0 radical (unpaired) electrons. The molecular weight excluding hydrogens is 354 g/mol. The third-order valence-corrected chi connectivity index (χ3v) is 3.71. The molecule has 1 atom stereocenters. The molecule has 26 heavy (non-hydrogen) atoms. The highest BCUT2D eigenvalue weighted by Gasteiger charge is 2.13. The van der Waals surface area contributed by atoms with Gasteiger partial charge in [-0.05, 0) is 39.0 Å². The summed E-state index contributed by atoms with van der Waals surface area (Å²) in [7, 11) is 0. The number of urea groups is 1. The molecular formula is C18H22ClN5O2. The van der Waals surface area contributed by atoms with Crippen molar-refractivity contribution < 1.29 is 9.59 Å². The summed E-state index contributed by atoms with van der Waals surface area (Å²) in [6.07, 6.45) is 5.44. The zero-order valence-corrected chi connectivity index (χ0v) is 15.7. The molecule has 0 fully saturated rings. The molecule has 8 heteroatoms. The number of aromatic nitrogens is 2. The van der Waals surface area contributed by atoms with Crippen molar-refractivity contribution in [3.63, 3.8) is 0 Å². The lowest BCUT2D eigenvalue weighted by Gasteiger charge is -2.15. The van der Waals surface area contributed by atoms with Gasteiger partial charge in [0.2, 0.25) is 0 Å². The number of benzene rings is 1. The van der Waals surface area contributed by atoms with Crippen LogP contribution < -0.4 is 16.0 Å². The fraction of sp³-hybridized carbons (Fsp3) is 0.333. The Morgan fingerprint density at radius 3 is 2.54 bits per heavy atom. The van der Waals surface area contributed by atoms with Crippen molar-refractivity contribution in [2.75, 3.05) is 5.32 Å². The molecule has 1 aromatic heterocycles. The van der Waals surface area contributed by atoms with Gasteiger partial charge in [0, 0.05) is 42.8 Å². The van der Waals surface area contributed by atoms with Crippen molar-refractivity contribution in [1.82, 2.24) is 20.6 Å². The third-order valence-electron chi connectivity index (χ3n) is 3.40. The molecule has 7 nitrogen and oxygen atoms in total. The van der Waals surface area contributed by atoms with Crippen molar-refractivity contribution in [2.45, 2.75) is 39.3 Å². The summed E-state index contributed by atoms with van der Waals surface area (Å²) in [6.45, 7) is 5.61. The number of carbonyl (C=O) groups excluding carboxylic acids is 2. The van der Waals surface area contributed by atoms with Gasteiger partial charge in [0.1, 0.15) is 0 Å². The average Bonchev–Trinajstić information content (AvgIpc) is 2.54. The molecule has 3 N–H and O–H groups in total. The van der Waals surface area contributed by atoms with Crippen LogP contribution in [0, 0.1) is 0 Å². The maximum atomic E-state index is 12.1. The van der Waals surface area contributed by atoms with Crippen LogP contribution in [0.2, 0.25) is 5.02 Å². The largest absolute Gasteiger partial charge is 0.350 e. The number of anilines is 1. The first kappa shape index (κ1) is 19.7. The highest BCUT2D eigenvalue weighted by Crippen LogP contribution is 2.21. The monoisotopic (exact) mass is 375 g/mol. The predicted molar refractivity (Wildman–Crippen MR) is 101 cm³/mol. The van der Waals surface area contributed by atoms with Gasteiger partial charge in [0.05, 0.1) is 16.3 Å². The van der Waals surface area contributed by atoms with Crippen LogP contribution in [0.5, 0.6) is 0 Å². The third kappa shape index (κ3) is 6.00. The Balaban J connectivity index is 1.92. The highest BCUT2D eigenvalue weighted by atomic mass is 35.5. The summed E-state index contributed by atoms with van der Waals surface area (Å²) in [5, 5.41) is 8.57. The minimum Gasteiger partial charge on any atom is -0.350 e. The van der Waals surface area contributed by atoms with Gasteiger partial charge in [0.25, 0.3) is 5.91 Å². The van der Waals surface area contributed by atoms with E-state index >= 15 is 0 Å². The van der Waals surface area contributed by atoms with Crippen molar-refractivity contribution in [2.24, 2.45) is 0 Å². The predicted octanol–water partition coefficient (Wildman–Crippen LogP) is 3.02. The van der Waals surface area contributed by atoms with Crippen LogP contribution >= 0.6 is 11.6 Å². The maximum Gasteiger partial charge on any atom is 0.319 e. The topological polar surface area (TPSA) is 96.0 Å². The second-order valence-electron chi connectivity index (χ2n) is 6.22. The first-order valence-electron chi connectivity index (χ1n) is 8.28. The van der Waals surface area contributed by atoms with E-state index in [2.05, 4.69) is 25.9 Å². The van der Waals surface area contributed by atoms with E-state index in [-0.39, 0.29) is 29.0 Å². The Morgan fingerprint density at radius 1 is 1.15 bits per heavy atom. The van der Waals surface area contributed by atoms with E-state index in [1.165, 1.54) is 0 Å². The van der Waals surface area contributed by atoms with Crippen molar-refractivity contribution in [3.8, 4) is 0 Å². The Bertz CT molecular complexity index is 767. The molecule has 0 unspecified atom stereocenters. The molecule has 2 aromatic rings. The number of nitrogens with zero attached hydrogens (tertiary/aromatic N) is 2. The summed E-state index contributed by atoms with van der Waals surface area (Å²) >= 11 is 6.16. The number of nitrogens with one attached hydrogen (secondary N) is 3. The van der Waals surface area contributed by atoms with E-state index in [1.807, 2.05) is 20.8 Å². The Hall–Kier alpha value is -2.67. The number of halogens is 1. The Labute approximate surface area is 157 Å². The minimum atomic E-state index is -0.364. The van der Waals surface area contributed by atoms with Gasteiger partial charge in [-0.25, -0.2) is 4.79 Å². The van der Waals surface area contributed by atoms with E-state index in [0.717, 1.165) is 5.69 Å². The fourth-order valence-electron chi connectivity index (χ4n) is 2.31. The van der Waals surface area contributed by atoms with Crippen molar-refractivity contribution in [1.29, 1.82) is 0 Å². The number of amides is 3. The highest BCUT2D eigenvalue weighted by molar-refractivity contribution is 6.34. The lowest BCUT2D eigenvalue weighted by molar-refractivity contribution is 0.0943. The van der Waals surface area contributed by atoms with Gasteiger partial charge in [-0.2, -0.15) is 0 Å². The van der Waals surface area contributed by atoms with Crippen LogP contribution in [0.1, 0.15) is 36.8 Å². The van der Waals surface area contributed by atoms with Gasteiger partial charge in [-0.1, -0.05) is 11.6 Å². The molecule has 3 amide bonds. The van der Waals surface area contributed by atoms with Crippen LogP contribution in [0.25, 0.3) is 0 Å². The summed E-state index contributed by atoms with van der Waals surface area (Å²) in [4.78, 5) is 32.3. The lowest BCUT2D eigenvalue weighted by Crippen LogP contribution is -2.37. The number of rotatable bonds is 6. The molecule has 0 saturated heterocycles. The van der Waals surface area contributed by atoms with Gasteiger partial charge in [-0.3, -0.25) is 14.8 Å². The SMILES string of the molecule is CC(C)NC(=O)c1ccc(NC(=O)N[C@@H](C)Cc2cnccn2)cc1Cl. The molecule has 0 aliphatic rings. The second kappa shape index (κ2) is 9.15. The molecule has 1 heterocycles. The second-order valence-corrected chi connectivity index (χ2v) is 6.63. The number of hydrogen-bond donors (Lipinski definition) is 3. The fourth-order valence-corrected chi connectivity index (χ4v) is 2.57. The molecule has 0 bridgehead atoms. The van der Waals surface area contributed by atoms with Crippen LogP contribution in [-0.4, -0.2) is 34.0 Å². The molecule has 1 aromatic carbocycles. The molecule has 0 saturated carbocycles. The molecule has 0 spiro atoms. The molecule has 0 aliphatic heterocycles. The molecule has 2 rings (SSSR count). The van der Waals surface area contributed by atoms with Crippen LogP contribution in [0.4, 0.5) is 10.5 Å². The minimum absolute atomic E-state index is 0.0120. The Morgan fingerprint density at radius 2 is 1.92 bits per heavy atom. The van der Waals surface area contributed by atoms with E-state index in [0.29, 0.717) is 17.7 Å². The summed E-state index contributed by atoms with van der Waals surface area (Å²) in [5.74, 6) is -0.251. The number of hydrogen-bond acceptors (Lipinski definition) is 4. The van der Waals surface area contributed by atoms with Gasteiger partial charge >= 0.3 is 6.03 Å². The number of carbonyl (C=O) groups is 2. The summed E-state index contributed by atoms with van der Waals surface area (Å²) in [5.41, 5.74) is 1.66. The molecule has 0 aliphatic carbocycles. The van der Waals surface area contributed by atoms with Crippen molar-refractivity contribution in [3.05, 3.63) is 53.1 Å². The summed E-state index contributed by atoms with van der Waals surface area (Å²) < 4.78 is 0. The summed E-state index contributed by atoms with van der Waals surface area (Å²) in [6, 6.07) is 4.28. The smallest absolute Gasteiger partial charge is 0.319 e. The van der Waals surface area contributed by atoms with Crippen LogP contribution in [-0.2, 0) is 6.42 Å². The van der Waals surface area contributed by atoms with E-state index in [1.54, 1.807) is 36.8 Å². The Kier molecular flexibility index (Phi) is 6.91. The van der Waals surface area contributed by atoms with Crippen LogP contribution in [0.15, 0.2) is 36.8 Å². The van der Waals surface area contributed by atoms with Gasteiger partial charge < -0.3 is 16.0 Å². The lowest BCUT2D eigenvalue weighted by atomic mass is 10.1. The maximum absolute atomic E-state index is 12.1. The average molecular weight is 376 g/mol. The van der Waals surface area contributed by atoms with Crippen molar-refractivity contribution >= 4 is 29.2 Å². The zero-order valence-electron chi connectivity index (χ0n) is 14.9. The van der Waals surface area contributed by atoms with Crippen LogP contribution in [0.3, 0.4) is 0 Å². The van der Waals surface area contributed by atoms with E-state index in [9.17, 15) is 9.59 Å². The quantitative estimate of drug-likeness (QED) is 0.723. The normalized spacial score (nSPS) is 11.7.